The molecule has 0 aromatic rings. The van der Waals surface area contributed by atoms with Gasteiger partial charge in [-0.1, -0.05) is 205 Å². The molecule has 1 heterocycles. The highest BCUT2D eigenvalue weighted by molar-refractivity contribution is 5.76. The summed E-state index contributed by atoms with van der Waals surface area (Å²) >= 11 is 0. The molecule has 0 saturated carbocycles. The van der Waals surface area contributed by atoms with Gasteiger partial charge in [-0.05, 0) is 32.1 Å². The van der Waals surface area contributed by atoms with Gasteiger partial charge in [0.1, 0.15) is 24.4 Å². The van der Waals surface area contributed by atoms with Gasteiger partial charge in [0.15, 0.2) is 6.29 Å². The van der Waals surface area contributed by atoms with Crippen LogP contribution in [0.25, 0.3) is 0 Å². The van der Waals surface area contributed by atoms with Crippen LogP contribution < -0.4 is 5.32 Å². The first kappa shape index (κ1) is 53.7. The molecular formula is C48H91NO8. The SMILES string of the molecule is CCCCCCCCCCCCCCCC/C=C/CC/C=C/C(O)C(COC1OC(CO)C(O)C(O)C1O)NC(=O)CCCCCCCCCCCCCCCC. The largest absolute Gasteiger partial charge is 0.394 e. The molecule has 9 heteroatoms. The van der Waals surface area contributed by atoms with Crippen LogP contribution in [0.3, 0.4) is 0 Å². The van der Waals surface area contributed by atoms with E-state index in [2.05, 4.69) is 31.3 Å². The van der Waals surface area contributed by atoms with Crippen LogP contribution in [0.2, 0.25) is 0 Å². The zero-order chi connectivity index (χ0) is 41.6. The number of hydrogen-bond acceptors (Lipinski definition) is 8. The van der Waals surface area contributed by atoms with Gasteiger partial charge in [-0.15, -0.1) is 0 Å². The monoisotopic (exact) mass is 810 g/mol. The Bertz CT molecular complexity index is 945. The Labute approximate surface area is 349 Å². The summed E-state index contributed by atoms with van der Waals surface area (Å²) in [5.74, 6) is -0.185. The van der Waals surface area contributed by atoms with Crippen molar-refractivity contribution in [3.8, 4) is 0 Å². The molecule has 7 unspecified atom stereocenters. The summed E-state index contributed by atoms with van der Waals surface area (Å²) in [5, 5.41) is 54.2. The van der Waals surface area contributed by atoms with Gasteiger partial charge in [-0.3, -0.25) is 4.79 Å². The van der Waals surface area contributed by atoms with E-state index < -0.39 is 49.5 Å². The smallest absolute Gasteiger partial charge is 0.220 e. The fourth-order valence-electron chi connectivity index (χ4n) is 7.64. The number of allylic oxidation sites excluding steroid dienone is 3. The fraction of sp³-hybridized carbons (Fsp3) is 0.896. The van der Waals surface area contributed by atoms with E-state index >= 15 is 0 Å². The molecular weight excluding hydrogens is 719 g/mol. The minimum atomic E-state index is -1.57. The molecule has 6 N–H and O–H groups in total. The van der Waals surface area contributed by atoms with Crippen LogP contribution in [-0.4, -0.2) is 87.5 Å². The van der Waals surface area contributed by atoms with Crippen molar-refractivity contribution in [2.24, 2.45) is 0 Å². The van der Waals surface area contributed by atoms with Crippen molar-refractivity contribution in [3.63, 3.8) is 0 Å². The van der Waals surface area contributed by atoms with Crippen molar-refractivity contribution in [1.82, 2.24) is 5.32 Å². The maximum atomic E-state index is 12.9. The molecule has 336 valence electrons. The van der Waals surface area contributed by atoms with E-state index in [0.29, 0.717) is 6.42 Å². The maximum absolute atomic E-state index is 12.9. The van der Waals surface area contributed by atoms with Gasteiger partial charge < -0.3 is 40.3 Å². The Balaban J connectivity index is 2.35. The standard InChI is InChI=1S/C48H91NO8/c1-3-5-7-9-11-13-15-17-19-20-21-22-23-24-25-27-29-31-33-35-37-42(51)41(40-56-48-47(55)46(54)45(53)43(39-50)57-48)49-44(52)38-36-34-32-30-28-26-18-16-14-12-10-8-6-4-2/h27,29,35,37,41-43,45-48,50-51,53-55H,3-26,28,30-34,36,38-40H2,1-2H3,(H,49,52)/b29-27+,37-35+. The van der Waals surface area contributed by atoms with Crippen molar-refractivity contribution in [2.45, 2.75) is 262 Å². The van der Waals surface area contributed by atoms with Gasteiger partial charge in [0.25, 0.3) is 0 Å². The fourth-order valence-corrected chi connectivity index (χ4v) is 7.64. The van der Waals surface area contributed by atoms with Crippen molar-refractivity contribution < 1.29 is 39.8 Å². The van der Waals surface area contributed by atoms with Gasteiger partial charge in [0, 0.05) is 6.42 Å². The van der Waals surface area contributed by atoms with E-state index in [4.69, 9.17) is 9.47 Å². The van der Waals surface area contributed by atoms with Gasteiger partial charge >= 0.3 is 0 Å². The molecule has 57 heavy (non-hydrogen) atoms. The van der Waals surface area contributed by atoms with Crippen molar-refractivity contribution in [1.29, 1.82) is 0 Å². The summed E-state index contributed by atoms with van der Waals surface area (Å²) in [6, 6.07) is -0.816. The number of ether oxygens (including phenoxy) is 2. The quantitative estimate of drug-likeness (QED) is 0.0265. The molecule has 1 aliphatic heterocycles. The van der Waals surface area contributed by atoms with Crippen LogP contribution in [0.5, 0.6) is 0 Å². The zero-order valence-electron chi connectivity index (χ0n) is 36.9. The summed E-state index contributed by atoms with van der Waals surface area (Å²) < 4.78 is 11.2. The molecule has 1 amide bonds. The first-order chi connectivity index (χ1) is 27.8. The molecule has 7 atom stereocenters. The molecule has 0 spiro atoms. The van der Waals surface area contributed by atoms with Gasteiger partial charge in [0.05, 0.1) is 25.4 Å². The lowest BCUT2D eigenvalue weighted by Crippen LogP contribution is -2.60. The van der Waals surface area contributed by atoms with Gasteiger partial charge in [0.2, 0.25) is 5.91 Å². The van der Waals surface area contributed by atoms with Crippen molar-refractivity contribution in [2.75, 3.05) is 13.2 Å². The van der Waals surface area contributed by atoms with E-state index in [9.17, 15) is 30.3 Å². The summed E-state index contributed by atoms with van der Waals surface area (Å²) in [6.45, 7) is 3.77. The van der Waals surface area contributed by atoms with Crippen LogP contribution in [-0.2, 0) is 14.3 Å². The lowest BCUT2D eigenvalue weighted by atomic mass is 9.99. The lowest BCUT2D eigenvalue weighted by molar-refractivity contribution is -0.302. The van der Waals surface area contributed by atoms with E-state index in [1.54, 1.807) is 6.08 Å². The summed E-state index contributed by atoms with van der Waals surface area (Å²) in [6.07, 6.45) is 39.4. The zero-order valence-corrected chi connectivity index (χ0v) is 36.9. The van der Waals surface area contributed by atoms with E-state index in [0.717, 1.165) is 38.5 Å². The van der Waals surface area contributed by atoms with Crippen molar-refractivity contribution >= 4 is 5.91 Å². The molecule has 1 saturated heterocycles. The Hall–Kier alpha value is -1.33. The molecule has 9 nitrogen and oxygen atoms in total. The van der Waals surface area contributed by atoms with E-state index in [1.165, 1.54) is 161 Å². The predicted octanol–water partition coefficient (Wildman–Crippen LogP) is 10.3. The molecule has 1 rings (SSSR count). The molecule has 0 aromatic heterocycles. The number of carbonyl (C=O) groups is 1. The highest BCUT2D eigenvalue weighted by atomic mass is 16.7. The second-order valence-electron chi connectivity index (χ2n) is 16.9. The van der Waals surface area contributed by atoms with Crippen molar-refractivity contribution in [3.05, 3.63) is 24.3 Å². The third kappa shape index (κ3) is 29.5. The number of amides is 1. The third-order valence-electron chi connectivity index (χ3n) is 11.5. The summed E-state index contributed by atoms with van der Waals surface area (Å²) in [4.78, 5) is 12.9. The van der Waals surface area contributed by atoms with Crippen LogP contribution in [0, 0.1) is 0 Å². The Morgan fingerprint density at radius 3 is 1.47 bits per heavy atom. The molecule has 1 fully saturated rings. The predicted molar refractivity (Wildman–Crippen MR) is 235 cm³/mol. The third-order valence-corrected chi connectivity index (χ3v) is 11.5. The molecule has 1 aliphatic rings. The topological polar surface area (TPSA) is 149 Å². The molecule has 0 bridgehead atoms. The van der Waals surface area contributed by atoms with Crippen LogP contribution >= 0.6 is 0 Å². The minimum Gasteiger partial charge on any atom is -0.394 e. The second-order valence-corrected chi connectivity index (χ2v) is 16.9. The van der Waals surface area contributed by atoms with Crippen LogP contribution in [0.1, 0.15) is 219 Å². The molecule has 0 aliphatic carbocycles. The number of carbonyl (C=O) groups excluding carboxylic acids is 1. The second kappa shape index (κ2) is 38.8. The average Bonchev–Trinajstić information content (AvgIpc) is 3.21. The Morgan fingerprint density at radius 2 is 1.00 bits per heavy atom. The maximum Gasteiger partial charge on any atom is 0.220 e. The Kier molecular flexibility index (Phi) is 36.6. The van der Waals surface area contributed by atoms with Gasteiger partial charge in [-0.25, -0.2) is 0 Å². The highest BCUT2D eigenvalue weighted by Gasteiger charge is 2.44. The minimum absolute atomic E-state index is 0.185. The molecule has 0 aromatic carbocycles. The normalized spacial score (nSPS) is 21.1. The van der Waals surface area contributed by atoms with E-state index in [1.807, 2.05) is 6.08 Å². The number of unbranched alkanes of at least 4 members (excludes halogenated alkanes) is 28. The first-order valence-corrected chi connectivity index (χ1v) is 24.1. The highest BCUT2D eigenvalue weighted by Crippen LogP contribution is 2.23. The lowest BCUT2D eigenvalue weighted by Gasteiger charge is -2.40. The average molecular weight is 810 g/mol. The molecule has 0 radical (unpaired) electrons. The van der Waals surface area contributed by atoms with Crippen LogP contribution in [0.15, 0.2) is 24.3 Å². The number of rotatable bonds is 40. The van der Waals surface area contributed by atoms with E-state index in [-0.39, 0.29) is 12.5 Å². The first-order valence-electron chi connectivity index (χ1n) is 24.1. The number of aliphatic hydroxyl groups is 5. The number of aliphatic hydroxyl groups excluding tert-OH is 5. The number of hydrogen-bond donors (Lipinski definition) is 6. The summed E-state index contributed by atoms with van der Waals surface area (Å²) in [7, 11) is 0. The summed E-state index contributed by atoms with van der Waals surface area (Å²) in [5.41, 5.74) is 0. The Morgan fingerprint density at radius 1 is 0.579 bits per heavy atom. The number of nitrogens with one attached hydrogen (secondary N) is 1. The van der Waals surface area contributed by atoms with Crippen LogP contribution in [0.4, 0.5) is 0 Å². The van der Waals surface area contributed by atoms with Gasteiger partial charge in [-0.2, -0.15) is 0 Å².